The minimum absolute atomic E-state index is 0. The largest absolute Gasteiger partial charge is 0.486 e. The number of carbonyl (C=O) groups is 1. The second-order valence-corrected chi connectivity index (χ2v) is 7.20. The van der Waals surface area contributed by atoms with E-state index < -0.39 is 0 Å². The summed E-state index contributed by atoms with van der Waals surface area (Å²) >= 11 is 3.45. The number of fused-ring (bicyclic) bond motifs is 1. The van der Waals surface area contributed by atoms with Crippen LogP contribution in [0, 0.1) is 5.41 Å². The summed E-state index contributed by atoms with van der Waals surface area (Å²) in [6.45, 7) is 4.18. The Hall–Kier alpha value is -1.02. The Morgan fingerprint density at radius 2 is 2.04 bits per heavy atom. The van der Waals surface area contributed by atoms with Gasteiger partial charge >= 0.3 is 0 Å². The lowest BCUT2D eigenvalue weighted by molar-refractivity contribution is 0.0511. The predicted molar refractivity (Wildman–Crippen MR) is 101 cm³/mol. The molecule has 0 aromatic heterocycles. The van der Waals surface area contributed by atoms with Crippen LogP contribution in [0.2, 0.25) is 0 Å². The van der Waals surface area contributed by atoms with Gasteiger partial charge in [-0.05, 0) is 54.0 Å². The van der Waals surface area contributed by atoms with Gasteiger partial charge in [-0.2, -0.15) is 0 Å². The van der Waals surface area contributed by atoms with Crippen LogP contribution in [0.15, 0.2) is 16.6 Å². The monoisotopic (exact) mass is 434 g/mol. The second-order valence-electron chi connectivity index (χ2n) is 6.35. The van der Waals surface area contributed by atoms with E-state index in [2.05, 4.69) is 26.6 Å². The molecule has 1 fully saturated rings. The molecule has 25 heavy (non-hydrogen) atoms. The maximum absolute atomic E-state index is 12.6. The normalized spacial score (nSPS) is 18.2. The first kappa shape index (κ1) is 20.3. The first-order valence-corrected chi connectivity index (χ1v) is 9.00. The molecule has 6 nitrogen and oxygen atoms in total. The Bertz CT molecular complexity index is 603. The van der Waals surface area contributed by atoms with Crippen molar-refractivity contribution < 1.29 is 19.0 Å². The Labute approximate surface area is 162 Å². The number of rotatable bonds is 5. The standard InChI is InChI=1S/C17H23BrN2O4.ClH/c1-22-11-17(2-4-19-5-3-17)10-20-16(21)12-8-13(18)15-14(9-12)23-6-7-24-15;/h8-9,19H,2-7,10-11H2,1H3,(H,20,21);1H. The number of piperidine rings is 1. The number of amides is 1. The number of benzene rings is 1. The van der Waals surface area contributed by atoms with Gasteiger partial charge in [0.2, 0.25) is 0 Å². The molecule has 0 atom stereocenters. The third-order valence-electron chi connectivity index (χ3n) is 4.60. The van der Waals surface area contributed by atoms with Crippen LogP contribution in [-0.2, 0) is 4.74 Å². The SMILES string of the molecule is COCC1(CNC(=O)c2cc(Br)c3c(c2)OCCO3)CCNCC1.Cl. The molecule has 3 rings (SSSR count). The van der Waals surface area contributed by atoms with Crippen molar-refractivity contribution >= 4 is 34.2 Å². The van der Waals surface area contributed by atoms with Crippen molar-refractivity contribution in [1.82, 2.24) is 10.6 Å². The molecule has 0 bridgehead atoms. The van der Waals surface area contributed by atoms with Gasteiger partial charge in [-0.15, -0.1) is 12.4 Å². The van der Waals surface area contributed by atoms with Gasteiger partial charge in [0.25, 0.3) is 5.91 Å². The van der Waals surface area contributed by atoms with Crippen LogP contribution in [0.1, 0.15) is 23.2 Å². The number of halogens is 2. The van der Waals surface area contributed by atoms with Crippen LogP contribution in [-0.4, -0.2) is 52.5 Å². The molecule has 0 unspecified atom stereocenters. The fourth-order valence-electron chi connectivity index (χ4n) is 3.25. The van der Waals surface area contributed by atoms with Gasteiger partial charge < -0.3 is 24.8 Å². The number of carbonyl (C=O) groups excluding carboxylic acids is 1. The van der Waals surface area contributed by atoms with Crippen LogP contribution < -0.4 is 20.1 Å². The van der Waals surface area contributed by atoms with Crippen LogP contribution in [0.4, 0.5) is 0 Å². The molecule has 1 saturated heterocycles. The lowest BCUT2D eigenvalue weighted by atomic mass is 9.79. The average molecular weight is 436 g/mol. The molecular formula is C17H24BrClN2O4. The molecule has 8 heteroatoms. The van der Waals surface area contributed by atoms with Gasteiger partial charge in [0.05, 0.1) is 11.1 Å². The maximum Gasteiger partial charge on any atom is 0.251 e. The number of ether oxygens (including phenoxy) is 3. The smallest absolute Gasteiger partial charge is 0.251 e. The fraction of sp³-hybridized carbons (Fsp3) is 0.588. The predicted octanol–water partition coefficient (Wildman–Crippen LogP) is 2.39. The van der Waals surface area contributed by atoms with E-state index in [9.17, 15) is 4.79 Å². The quantitative estimate of drug-likeness (QED) is 0.743. The van der Waals surface area contributed by atoms with E-state index in [-0.39, 0.29) is 23.7 Å². The number of nitrogens with one attached hydrogen (secondary N) is 2. The Kier molecular flexibility index (Phi) is 7.37. The third-order valence-corrected chi connectivity index (χ3v) is 5.19. The summed E-state index contributed by atoms with van der Waals surface area (Å²) < 4.78 is 17.3. The Balaban J connectivity index is 0.00000225. The zero-order valence-corrected chi connectivity index (χ0v) is 16.6. The summed E-state index contributed by atoms with van der Waals surface area (Å²) in [5.74, 6) is 1.16. The fourth-order valence-corrected chi connectivity index (χ4v) is 3.80. The van der Waals surface area contributed by atoms with Crippen LogP contribution in [0.3, 0.4) is 0 Å². The summed E-state index contributed by atoms with van der Waals surface area (Å²) in [4.78, 5) is 12.6. The van der Waals surface area contributed by atoms with Gasteiger partial charge in [0, 0.05) is 24.6 Å². The van der Waals surface area contributed by atoms with Crippen LogP contribution in [0.5, 0.6) is 11.5 Å². The van der Waals surface area contributed by atoms with Crippen molar-refractivity contribution in [1.29, 1.82) is 0 Å². The topological polar surface area (TPSA) is 68.8 Å². The Morgan fingerprint density at radius 1 is 1.32 bits per heavy atom. The zero-order valence-electron chi connectivity index (χ0n) is 14.2. The van der Waals surface area contributed by atoms with E-state index in [1.165, 1.54) is 0 Å². The minimum atomic E-state index is -0.110. The van der Waals surface area contributed by atoms with E-state index in [1.807, 2.05) is 0 Å². The highest BCUT2D eigenvalue weighted by atomic mass is 79.9. The molecule has 2 N–H and O–H groups in total. The lowest BCUT2D eigenvalue weighted by Crippen LogP contribution is -2.47. The number of methoxy groups -OCH3 is 1. The van der Waals surface area contributed by atoms with Crippen molar-refractivity contribution in [2.24, 2.45) is 5.41 Å². The van der Waals surface area contributed by atoms with Crippen molar-refractivity contribution in [2.75, 3.05) is 46.6 Å². The molecule has 0 radical (unpaired) electrons. The van der Waals surface area contributed by atoms with E-state index in [1.54, 1.807) is 19.2 Å². The average Bonchev–Trinajstić information content (AvgIpc) is 2.61. The van der Waals surface area contributed by atoms with Crippen molar-refractivity contribution in [3.8, 4) is 11.5 Å². The van der Waals surface area contributed by atoms with Gasteiger partial charge in [0.15, 0.2) is 11.5 Å². The molecule has 0 aliphatic carbocycles. The van der Waals surface area contributed by atoms with Gasteiger partial charge in [-0.25, -0.2) is 0 Å². The van der Waals surface area contributed by atoms with Crippen LogP contribution >= 0.6 is 28.3 Å². The lowest BCUT2D eigenvalue weighted by Gasteiger charge is -2.37. The number of hydrogen-bond acceptors (Lipinski definition) is 5. The molecule has 1 aromatic rings. The highest BCUT2D eigenvalue weighted by molar-refractivity contribution is 9.10. The van der Waals surface area contributed by atoms with Crippen LogP contribution in [0.25, 0.3) is 0 Å². The van der Waals surface area contributed by atoms with E-state index in [0.29, 0.717) is 43.4 Å². The molecule has 140 valence electrons. The molecule has 1 aromatic carbocycles. The highest BCUT2D eigenvalue weighted by Crippen LogP contribution is 2.38. The van der Waals surface area contributed by atoms with Gasteiger partial charge in [-0.3, -0.25) is 4.79 Å². The summed E-state index contributed by atoms with van der Waals surface area (Å²) in [5.41, 5.74) is 0.563. The number of hydrogen-bond donors (Lipinski definition) is 2. The van der Waals surface area contributed by atoms with E-state index in [0.717, 1.165) is 30.4 Å². The molecule has 2 heterocycles. The van der Waals surface area contributed by atoms with Crippen molar-refractivity contribution in [3.05, 3.63) is 22.2 Å². The minimum Gasteiger partial charge on any atom is -0.486 e. The maximum atomic E-state index is 12.6. The highest BCUT2D eigenvalue weighted by Gasteiger charge is 2.32. The summed E-state index contributed by atoms with van der Waals surface area (Å²) in [5, 5.41) is 6.42. The molecule has 0 saturated carbocycles. The van der Waals surface area contributed by atoms with Gasteiger partial charge in [0.1, 0.15) is 13.2 Å². The third kappa shape index (κ3) is 4.78. The summed E-state index contributed by atoms with van der Waals surface area (Å²) in [7, 11) is 1.71. The summed E-state index contributed by atoms with van der Waals surface area (Å²) in [6.07, 6.45) is 1.98. The van der Waals surface area contributed by atoms with Crippen molar-refractivity contribution in [2.45, 2.75) is 12.8 Å². The van der Waals surface area contributed by atoms with Crippen molar-refractivity contribution in [3.63, 3.8) is 0 Å². The van der Waals surface area contributed by atoms with Gasteiger partial charge in [-0.1, -0.05) is 0 Å². The van der Waals surface area contributed by atoms with E-state index in [4.69, 9.17) is 14.2 Å². The molecule has 1 amide bonds. The Morgan fingerprint density at radius 3 is 2.76 bits per heavy atom. The zero-order chi connectivity index (χ0) is 17.0. The molecule has 2 aliphatic rings. The second kappa shape index (κ2) is 9.07. The van der Waals surface area contributed by atoms with E-state index >= 15 is 0 Å². The summed E-state index contributed by atoms with van der Waals surface area (Å²) in [6, 6.07) is 3.51. The first-order chi connectivity index (χ1) is 11.6. The molecular weight excluding hydrogens is 412 g/mol. The first-order valence-electron chi connectivity index (χ1n) is 8.21. The molecule has 2 aliphatic heterocycles. The molecule has 0 spiro atoms.